The molecule has 1 atom stereocenters. The van der Waals surface area contributed by atoms with Crippen molar-refractivity contribution >= 4 is 17.5 Å². The molecule has 0 spiro atoms. The lowest BCUT2D eigenvalue weighted by molar-refractivity contribution is 0.0939. The predicted molar refractivity (Wildman–Crippen MR) is 114 cm³/mol. The van der Waals surface area contributed by atoms with E-state index in [1.807, 2.05) is 43.3 Å². The van der Waals surface area contributed by atoms with E-state index in [1.54, 1.807) is 12.1 Å². The van der Waals surface area contributed by atoms with Gasteiger partial charge in [0.25, 0.3) is 5.91 Å². The molecule has 0 heterocycles. The first-order valence-corrected chi connectivity index (χ1v) is 9.80. The summed E-state index contributed by atoms with van der Waals surface area (Å²) in [6, 6.07) is 23.0. The third kappa shape index (κ3) is 5.14. The Morgan fingerprint density at radius 1 is 1.04 bits per heavy atom. The summed E-state index contributed by atoms with van der Waals surface area (Å²) in [6.07, 6.45) is 1.00. The number of ether oxygens (including phenoxy) is 1. The monoisotopic (exact) mass is 393 g/mol. The Hall–Kier alpha value is -2.78. The molecule has 0 aliphatic heterocycles. The minimum Gasteiger partial charge on any atom is -0.489 e. The molecule has 1 N–H and O–H groups in total. The van der Waals surface area contributed by atoms with Crippen LogP contribution in [0.3, 0.4) is 0 Å². The summed E-state index contributed by atoms with van der Waals surface area (Å²) in [7, 11) is 0. The van der Waals surface area contributed by atoms with Crippen LogP contribution in [0.2, 0.25) is 5.02 Å². The molecule has 3 aromatic rings. The van der Waals surface area contributed by atoms with Crippen LogP contribution >= 0.6 is 11.6 Å². The highest BCUT2D eigenvalue weighted by molar-refractivity contribution is 6.31. The Morgan fingerprint density at radius 2 is 1.79 bits per heavy atom. The van der Waals surface area contributed by atoms with Gasteiger partial charge in [-0.05, 0) is 48.7 Å². The smallest absolute Gasteiger partial charge is 0.251 e. The highest BCUT2D eigenvalue weighted by Gasteiger charge is 2.12. The number of aryl methyl sites for hydroxylation is 1. The van der Waals surface area contributed by atoms with Gasteiger partial charge in [-0.2, -0.15) is 0 Å². The van der Waals surface area contributed by atoms with E-state index < -0.39 is 0 Å². The lowest BCUT2D eigenvalue weighted by Crippen LogP contribution is -2.26. The molecule has 0 saturated carbocycles. The van der Waals surface area contributed by atoms with Crippen LogP contribution in [-0.4, -0.2) is 5.91 Å². The Bertz CT molecular complexity index is 937. The molecule has 0 aromatic heterocycles. The number of carbonyl (C=O) groups excluding carboxylic acids is 1. The van der Waals surface area contributed by atoms with E-state index in [0.717, 1.165) is 17.5 Å². The second-order valence-electron chi connectivity index (χ2n) is 6.70. The molecular weight excluding hydrogens is 370 g/mol. The molecule has 0 fully saturated rings. The van der Waals surface area contributed by atoms with Crippen molar-refractivity contribution in [2.45, 2.75) is 32.9 Å². The summed E-state index contributed by atoms with van der Waals surface area (Å²) in [5.41, 5.74) is 3.83. The zero-order valence-corrected chi connectivity index (χ0v) is 16.9. The van der Waals surface area contributed by atoms with Gasteiger partial charge in [-0.25, -0.2) is 0 Å². The highest BCUT2D eigenvalue weighted by atomic mass is 35.5. The van der Waals surface area contributed by atoms with Gasteiger partial charge in [0.15, 0.2) is 0 Å². The number of hydrogen-bond donors (Lipinski definition) is 1. The van der Waals surface area contributed by atoms with Gasteiger partial charge in [-0.1, -0.05) is 67.1 Å². The van der Waals surface area contributed by atoms with Crippen LogP contribution in [0.15, 0.2) is 72.8 Å². The third-order valence-corrected chi connectivity index (χ3v) is 5.05. The minimum absolute atomic E-state index is 0.0777. The fourth-order valence-corrected chi connectivity index (χ4v) is 3.10. The largest absolute Gasteiger partial charge is 0.489 e. The minimum atomic E-state index is -0.129. The van der Waals surface area contributed by atoms with E-state index in [0.29, 0.717) is 22.9 Å². The van der Waals surface area contributed by atoms with Crippen LogP contribution in [0, 0.1) is 0 Å². The second kappa shape index (κ2) is 9.43. The van der Waals surface area contributed by atoms with Gasteiger partial charge in [0.2, 0.25) is 0 Å². The second-order valence-corrected chi connectivity index (χ2v) is 7.11. The van der Waals surface area contributed by atoms with Crippen molar-refractivity contribution in [2.24, 2.45) is 0 Å². The molecule has 0 unspecified atom stereocenters. The van der Waals surface area contributed by atoms with Gasteiger partial charge in [0.05, 0.1) is 6.04 Å². The Balaban J connectivity index is 1.63. The highest BCUT2D eigenvalue weighted by Crippen LogP contribution is 2.20. The Morgan fingerprint density at radius 3 is 2.50 bits per heavy atom. The van der Waals surface area contributed by atoms with Crippen molar-refractivity contribution in [2.75, 3.05) is 0 Å². The lowest BCUT2D eigenvalue weighted by atomic mass is 10.0. The summed E-state index contributed by atoms with van der Waals surface area (Å²) >= 11 is 6.16. The number of hydrogen-bond acceptors (Lipinski definition) is 2. The van der Waals surface area contributed by atoms with Gasteiger partial charge >= 0.3 is 0 Å². The number of amides is 1. The van der Waals surface area contributed by atoms with Crippen LogP contribution in [0.1, 0.15) is 46.9 Å². The van der Waals surface area contributed by atoms with E-state index in [1.165, 1.54) is 5.56 Å². The van der Waals surface area contributed by atoms with E-state index in [4.69, 9.17) is 16.3 Å². The molecule has 3 aromatic carbocycles. The summed E-state index contributed by atoms with van der Waals surface area (Å²) in [4.78, 5) is 12.6. The molecule has 3 nitrogen and oxygen atoms in total. The first-order valence-electron chi connectivity index (χ1n) is 9.42. The topological polar surface area (TPSA) is 38.3 Å². The van der Waals surface area contributed by atoms with Crippen molar-refractivity contribution < 1.29 is 9.53 Å². The van der Waals surface area contributed by atoms with Crippen molar-refractivity contribution in [3.8, 4) is 5.75 Å². The Kier molecular flexibility index (Phi) is 6.72. The number of rotatable bonds is 7. The maximum Gasteiger partial charge on any atom is 0.251 e. The molecule has 4 heteroatoms. The van der Waals surface area contributed by atoms with Crippen LogP contribution < -0.4 is 10.1 Å². The molecule has 0 aliphatic carbocycles. The van der Waals surface area contributed by atoms with Crippen molar-refractivity contribution in [1.82, 2.24) is 5.32 Å². The van der Waals surface area contributed by atoms with Crippen LogP contribution in [-0.2, 0) is 13.0 Å². The summed E-state index contributed by atoms with van der Waals surface area (Å²) < 4.78 is 5.81. The SMILES string of the molecule is CCc1ccc([C@@H](C)NC(=O)c2cccc(OCc3ccccc3Cl)c2)cc1. The number of nitrogens with one attached hydrogen (secondary N) is 1. The van der Waals surface area contributed by atoms with Gasteiger partial charge in [0, 0.05) is 16.1 Å². The van der Waals surface area contributed by atoms with E-state index in [9.17, 15) is 4.79 Å². The number of halogens is 1. The molecule has 0 aliphatic rings. The molecule has 0 radical (unpaired) electrons. The van der Waals surface area contributed by atoms with E-state index >= 15 is 0 Å². The van der Waals surface area contributed by atoms with Crippen LogP contribution in [0.25, 0.3) is 0 Å². The normalized spacial score (nSPS) is 11.7. The zero-order chi connectivity index (χ0) is 19.9. The molecule has 144 valence electrons. The lowest BCUT2D eigenvalue weighted by Gasteiger charge is -2.15. The average molecular weight is 394 g/mol. The van der Waals surface area contributed by atoms with E-state index in [2.05, 4.69) is 36.5 Å². The maximum absolute atomic E-state index is 12.6. The van der Waals surface area contributed by atoms with Gasteiger partial charge < -0.3 is 10.1 Å². The number of benzene rings is 3. The molecule has 0 bridgehead atoms. The van der Waals surface area contributed by atoms with Crippen LogP contribution in [0.4, 0.5) is 0 Å². The fourth-order valence-electron chi connectivity index (χ4n) is 2.91. The van der Waals surface area contributed by atoms with Crippen molar-refractivity contribution in [1.29, 1.82) is 0 Å². The molecule has 0 saturated heterocycles. The predicted octanol–water partition coefficient (Wildman–Crippen LogP) is 5.97. The summed E-state index contributed by atoms with van der Waals surface area (Å²) in [5.74, 6) is 0.503. The summed E-state index contributed by atoms with van der Waals surface area (Å²) in [5, 5.41) is 3.71. The average Bonchev–Trinajstić information content (AvgIpc) is 2.73. The first-order chi connectivity index (χ1) is 13.6. The molecule has 1 amide bonds. The molecule has 3 rings (SSSR count). The quantitative estimate of drug-likeness (QED) is 0.536. The Labute approximate surface area is 171 Å². The van der Waals surface area contributed by atoms with E-state index in [-0.39, 0.29) is 11.9 Å². The molecule has 28 heavy (non-hydrogen) atoms. The maximum atomic E-state index is 12.6. The van der Waals surface area contributed by atoms with Gasteiger partial charge in [-0.15, -0.1) is 0 Å². The van der Waals surface area contributed by atoms with Crippen LogP contribution in [0.5, 0.6) is 5.75 Å². The van der Waals surface area contributed by atoms with Crippen molar-refractivity contribution in [3.05, 3.63) is 100 Å². The third-order valence-electron chi connectivity index (χ3n) is 4.68. The van der Waals surface area contributed by atoms with Gasteiger partial charge in [0.1, 0.15) is 12.4 Å². The first kappa shape index (κ1) is 20.0. The number of carbonyl (C=O) groups is 1. The molecular formula is C24H24ClNO2. The summed E-state index contributed by atoms with van der Waals surface area (Å²) in [6.45, 7) is 4.46. The fraction of sp³-hybridized carbons (Fsp3) is 0.208. The van der Waals surface area contributed by atoms with Crippen molar-refractivity contribution in [3.63, 3.8) is 0 Å². The zero-order valence-electron chi connectivity index (χ0n) is 16.1. The van der Waals surface area contributed by atoms with Gasteiger partial charge in [-0.3, -0.25) is 4.79 Å². The standard InChI is InChI=1S/C24H24ClNO2/c1-3-18-11-13-19(14-12-18)17(2)26-24(27)20-8-6-9-22(15-20)28-16-21-7-4-5-10-23(21)25/h4-15,17H,3,16H2,1-2H3,(H,26,27)/t17-/m1/s1.